The summed E-state index contributed by atoms with van der Waals surface area (Å²) in [6, 6.07) is 8.47. The van der Waals surface area contributed by atoms with E-state index in [4.69, 9.17) is 0 Å². The lowest BCUT2D eigenvalue weighted by Gasteiger charge is -2.32. The second kappa shape index (κ2) is 10.8. The van der Waals surface area contributed by atoms with Crippen LogP contribution in [0, 0.1) is 11.8 Å². The fraction of sp³-hybridized carbons (Fsp3) is 0.393. The Balaban J connectivity index is 3.07. The van der Waals surface area contributed by atoms with Crippen LogP contribution < -0.4 is 5.30 Å². The van der Waals surface area contributed by atoms with Gasteiger partial charge in [-0.25, -0.2) is 4.79 Å². The third-order valence-corrected chi connectivity index (χ3v) is 9.41. The maximum atomic E-state index is 13.2. The molecule has 0 saturated carbocycles. The van der Waals surface area contributed by atoms with Crippen LogP contribution in [0.1, 0.15) is 65.9 Å². The molecule has 1 aromatic rings. The van der Waals surface area contributed by atoms with E-state index in [9.17, 15) is 4.79 Å². The second-order valence-corrected chi connectivity index (χ2v) is 11.7. The fourth-order valence-corrected chi connectivity index (χ4v) is 8.28. The molecule has 2 atom stereocenters. The average Bonchev–Trinajstić information content (AvgIpc) is 2.92. The van der Waals surface area contributed by atoms with E-state index in [-0.39, 0.29) is 0 Å². The SMILES string of the molecule is C=C/C=C(\C=C/C)P(=C=O)(C1=CCCC(C)C=C1C(C)C)c1ccccc1C(C)C. The second-order valence-electron chi connectivity index (χ2n) is 8.72. The first-order valence-corrected chi connectivity index (χ1v) is 12.9. The van der Waals surface area contributed by atoms with Gasteiger partial charge in [-0.2, -0.15) is 0 Å². The van der Waals surface area contributed by atoms with Crippen LogP contribution in [0.3, 0.4) is 0 Å². The molecule has 2 unspecified atom stereocenters. The van der Waals surface area contributed by atoms with Crippen LogP contribution in [0.25, 0.3) is 0 Å². The van der Waals surface area contributed by atoms with Crippen molar-refractivity contribution < 1.29 is 4.79 Å². The van der Waals surface area contributed by atoms with Crippen LogP contribution in [0.15, 0.2) is 83.5 Å². The Hall–Kier alpha value is -2.07. The lowest BCUT2D eigenvalue weighted by atomic mass is 9.98. The van der Waals surface area contributed by atoms with Gasteiger partial charge in [0.15, 0.2) is 0 Å². The van der Waals surface area contributed by atoms with Gasteiger partial charge in [-0.1, -0.05) is 102 Å². The van der Waals surface area contributed by atoms with Crippen LogP contribution in [-0.2, 0) is 4.79 Å². The summed E-state index contributed by atoms with van der Waals surface area (Å²) in [4.78, 5) is 13.2. The number of hydrogen-bond acceptors (Lipinski definition) is 1. The van der Waals surface area contributed by atoms with E-state index in [1.807, 2.05) is 19.1 Å². The topological polar surface area (TPSA) is 17.1 Å². The van der Waals surface area contributed by atoms with Crippen molar-refractivity contribution in [2.45, 2.75) is 60.3 Å². The molecule has 1 aromatic carbocycles. The van der Waals surface area contributed by atoms with Crippen molar-refractivity contribution in [3.05, 3.63) is 89.1 Å². The summed E-state index contributed by atoms with van der Waals surface area (Å²) in [6.07, 6.45) is 14.8. The van der Waals surface area contributed by atoms with Crippen molar-refractivity contribution in [2.24, 2.45) is 11.8 Å². The first kappa shape index (κ1) is 24.2. The van der Waals surface area contributed by atoms with E-state index >= 15 is 0 Å². The van der Waals surface area contributed by atoms with Crippen molar-refractivity contribution in [3.8, 4) is 0 Å². The average molecular weight is 421 g/mol. The first-order chi connectivity index (χ1) is 14.3. The first-order valence-electron chi connectivity index (χ1n) is 11.1. The van der Waals surface area contributed by atoms with E-state index in [2.05, 4.69) is 89.4 Å². The predicted molar refractivity (Wildman–Crippen MR) is 135 cm³/mol. The summed E-state index contributed by atoms with van der Waals surface area (Å²) in [5, 5.41) is 3.35. The summed E-state index contributed by atoms with van der Waals surface area (Å²) in [6.45, 7) is 14.5. The normalized spacial score (nSPS) is 19.9. The quantitative estimate of drug-likeness (QED) is 0.322. The Morgan fingerprint density at radius 1 is 1.20 bits per heavy atom. The van der Waals surface area contributed by atoms with Crippen molar-refractivity contribution in [2.75, 3.05) is 0 Å². The fourth-order valence-electron chi connectivity index (χ4n) is 4.31. The van der Waals surface area contributed by atoms with E-state index in [1.165, 1.54) is 16.5 Å². The molecule has 0 radical (unpaired) electrons. The minimum absolute atomic E-state index is 0.321. The van der Waals surface area contributed by atoms with Crippen molar-refractivity contribution in [1.29, 1.82) is 0 Å². The Bertz CT molecular complexity index is 962. The summed E-state index contributed by atoms with van der Waals surface area (Å²) in [5.74, 6) is 1.16. The molecule has 0 amide bonds. The maximum absolute atomic E-state index is 13.2. The third-order valence-electron chi connectivity index (χ3n) is 5.77. The van der Waals surface area contributed by atoms with Gasteiger partial charge in [0.05, 0.1) is 6.89 Å². The molecule has 0 saturated heterocycles. The number of carbonyl (C=O) groups excluding carboxylic acids is 1. The van der Waals surface area contributed by atoms with E-state index in [0.29, 0.717) is 17.8 Å². The molecule has 1 aliphatic rings. The lowest BCUT2D eigenvalue weighted by Crippen LogP contribution is -2.17. The molecule has 0 spiro atoms. The largest absolute Gasteiger partial charge is 0.233 e. The molecule has 0 bridgehead atoms. The van der Waals surface area contributed by atoms with Crippen LogP contribution in [-0.4, -0.2) is 5.66 Å². The maximum Gasteiger partial charge on any atom is 0.128 e. The standard InChI is InChI=1S/C28H37OP/c1-8-13-24(14-9-2)30(20-29,27-17-11-10-16-25(27)21(3)4)28-18-12-15-23(7)19-26(28)22(5)6/h8-11,13-14,16-19,21-23H,1,12,15H2,2-7H3/b14-9-,24-13+. The van der Waals surface area contributed by atoms with Gasteiger partial charge in [0.1, 0.15) is 5.66 Å². The van der Waals surface area contributed by atoms with Crippen molar-refractivity contribution in [1.82, 2.24) is 0 Å². The molecule has 0 fully saturated rings. The Labute approximate surface area is 184 Å². The molecular formula is C28H37OP. The molecule has 1 nitrogen and oxygen atoms in total. The molecule has 30 heavy (non-hydrogen) atoms. The predicted octanol–water partition coefficient (Wildman–Crippen LogP) is 8.06. The van der Waals surface area contributed by atoms with Crippen LogP contribution in [0.5, 0.6) is 0 Å². The van der Waals surface area contributed by atoms with Gasteiger partial charge in [-0.3, -0.25) is 0 Å². The zero-order valence-corrected chi connectivity index (χ0v) is 20.4. The zero-order chi connectivity index (χ0) is 22.3. The molecule has 0 heterocycles. The summed E-state index contributed by atoms with van der Waals surface area (Å²) in [7, 11) is 0. The van der Waals surface area contributed by atoms with E-state index < -0.39 is 6.89 Å². The number of allylic oxidation sites excluding steroid dienone is 9. The van der Waals surface area contributed by atoms with Gasteiger partial charge in [0.25, 0.3) is 0 Å². The Morgan fingerprint density at radius 2 is 1.90 bits per heavy atom. The molecule has 0 aliphatic heterocycles. The molecule has 160 valence electrons. The van der Waals surface area contributed by atoms with E-state index in [0.717, 1.165) is 23.5 Å². The molecular weight excluding hydrogens is 383 g/mol. The minimum Gasteiger partial charge on any atom is -0.233 e. The zero-order valence-electron chi connectivity index (χ0n) is 19.5. The smallest absolute Gasteiger partial charge is 0.128 e. The Morgan fingerprint density at radius 3 is 2.47 bits per heavy atom. The van der Waals surface area contributed by atoms with E-state index in [1.54, 1.807) is 6.08 Å². The van der Waals surface area contributed by atoms with Gasteiger partial charge >= 0.3 is 0 Å². The monoisotopic (exact) mass is 420 g/mol. The highest BCUT2D eigenvalue weighted by Gasteiger charge is 2.35. The van der Waals surface area contributed by atoms with Gasteiger partial charge < -0.3 is 0 Å². The lowest BCUT2D eigenvalue weighted by molar-refractivity contribution is 0.571. The number of benzene rings is 1. The Kier molecular flexibility index (Phi) is 8.72. The molecule has 2 rings (SSSR count). The summed E-state index contributed by atoms with van der Waals surface area (Å²) >= 11 is 0. The van der Waals surface area contributed by atoms with Crippen LogP contribution >= 0.6 is 6.89 Å². The summed E-state index contributed by atoms with van der Waals surface area (Å²) < 4.78 is 0. The van der Waals surface area contributed by atoms with Crippen molar-refractivity contribution in [3.63, 3.8) is 0 Å². The molecule has 1 aliphatic carbocycles. The highest BCUT2D eigenvalue weighted by atomic mass is 31.2. The van der Waals surface area contributed by atoms with Crippen LogP contribution in [0.4, 0.5) is 0 Å². The van der Waals surface area contributed by atoms with Gasteiger partial charge in [0, 0.05) is 0 Å². The number of rotatable bonds is 7. The third kappa shape index (κ3) is 4.80. The van der Waals surface area contributed by atoms with Crippen molar-refractivity contribution >= 4 is 17.9 Å². The van der Waals surface area contributed by atoms with Gasteiger partial charge in [-0.15, -0.1) is 0 Å². The van der Waals surface area contributed by atoms with Crippen LogP contribution in [0.2, 0.25) is 0 Å². The number of hydrogen-bond donors (Lipinski definition) is 0. The highest BCUT2D eigenvalue weighted by molar-refractivity contribution is 7.88. The molecule has 2 heteroatoms. The minimum atomic E-state index is -2.61. The van der Waals surface area contributed by atoms with Gasteiger partial charge in [0.2, 0.25) is 0 Å². The molecule has 0 N–H and O–H groups in total. The highest BCUT2D eigenvalue weighted by Crippen LogP contribution is 2.65. The summed E-state index contributed by atoms with van der Waals surface area (Å²) in [5.41, 5.74) is 5.21. The van der Waals surface area contributed by atoms with Gasteiger partial charge in [-0.05, 0) is 64.6 Å². The molecule has 0 aromatic heterocycles.